The van der Waals surface area contributed by atoms with Crippen molar-refractivity contribution in [2.75, 3.05) is 6.54 Å². The van der Waals surface area contributed by atoms with E-state index < -0.39 is 18.0 Å². The SMILES string of the molecule is CC(NC(=O)C(N)CCCN)c1ccc(C(N)C(N)=O)cc1. The molecule has 0 aliphatic carbocycles. The minimum atomic E-state index is -0.830. The first-order valence-corrected chi connectivity index (χ1v) is 7.27. The van der Waals surface area contributed by atoms with Crippen LogP contribution in [0.25, 0.3) is 0 Å². The molecule has 0 saturated carbocycles. The van der Waals surface area contributed by atoms with Crippen molar-refractivity contribution in [2.24, 2.45) is 22.9 Å². The van der Waals surface area contributed by atoms with Gasteiger partial charge in [-0.05, 0) is 37.4 Å². The molecule has 7 heteroatoms. The summed E-state index contributed by atoms with van der Waals surface area (Å²) in [6.07, 6.45) is 1.27. The molecule has 0 spiro atoms. The Kier molecular flexibility index (Phi) is 6.97. The minimum absolute atomic E-state index is 0.199. The van der Waals surface area contributed by atoms with Crippen LogP contribution in [-0.2, 0) is 9.59 Å². The molecule has 0 heterocycles. The van der Waals surface area contributed by atoms with Gasteiger partial charge in [0.2, 0.25) is 11.8 Å². The first kappa shape index (κ1) is 18.1. The largest absolute Gasteiger partial charge is 0.368 e. The Bertz CT molecular complexity index is 503. The topological polar surface area (TPSA) is 150 Å². The van der Waals surface area contributed by atoms with Gasteiger partial charge in [0.15, 0.2) is 0 Å². The van der Waals surface area contributed by atoms with E-state index in [0.29, 0.717) is 24.9 Å². The molecule has 1 aromatic carbocycles. The molecule has 0 radical (unpaired) electrons. The number of benzene rings is 1. The monoisotopic (exact) mass is 307 g/mol. The lowest BCUT2D eigenvalue weighted by atomic mass is 10.0. The van der Waals surface area contributed by atoms with Crippen LogP contribution in [0.15, 0.2) is 24.3 Å². The van der Waals surface area contributed by atoms with Gasteiger partial charge in [0, 0.05) is 0 Å². The van der Waals surface area contributed by atoms with E-state index in [2.05, 4.69) is 5.32 Å². The lowest BCUT2D eigenvalue weighted by Gasteiger charge is -2.18. The van der Waals surface area contributed by atoms with Crippen molar-refractivity contribution in [3.05, 3.63) is 35.4 Å². The molecule has 1 rings (SSSR count). The summed E-state index contributed by atoms with van der Waals surface area (Å²) in [6, 6.07) is 5.46. The maximum Gasteiger partial charge on any atom is 0.238 e. The van der Waals surface area contributed by atoms with Gasteiger partial charge in [-0.2, -0.15) is 0 Å². The van der Waals surface area contributed by atoms with E-state index in [4.69, 9.17) is 22.9 Å². The molecule has 1 aromatic rings. The van der Waals surface area contributed by atoms with Gasteiger partial charge in [-0.1, -0.05) is 24.3 Å². The molecule has 3 atom stereocenters. The van der Waals surface area contributed by atoms with Gasteiger partial charge in [-0.25, -0.2) is 0 Å². The second-order valence-electron chi connectivity index (χ2n) is 5.31. The molecular weight excluding hydrogens is 282 g/mol. The molecule has 3 unspecified atom stereocenters. The molecule has 9 N–H and O–H groups in total. The predicted molar refractivity (Wildman–Crippen MR) is 85.4 cm³/mol. The van der Waals surface area contributed by atoms with Crippen molar-refractivity contribution in [3.63, 3.8) is 0 Å². The van der Waals surface area contributed by atoms with Crippen LogP contribution in [0, 0.1) is 0 Å². The normalized spacial score (nSPS) is 14.9. The molecule has 0 bridgehead atoms. The highest BCUT2D eigenvalue weighted by Gasteiger charge is 2.17. The van der Waals surface area contributed by atoms with Gasteiger partial charge in [-0.15, -0.1) is 0 Å². The van der Waals surface area contributed by atoms with Crippen LogP contribution in [-0.4, -0.2) is 24.4 Å². The summed E-state index contributed by atoms with van der Waals surface area (Å²) in [7, 11) is 0. The van der Waals surface area contributed by atoms with E-state index in [-0.39, 0.29) is 11.9 Å². The fourth-order valence-electron chi connectivity index (χ4n) is 2.03. The number of hydrogen-bond acceptors (Lipinski definition) is 5. The highest BCUT2D eigenvalue weighted by Crippen LogP contribution is 2.16. The summed E-state index contributed by atoms with van der Waals surface area (Å²) in [5.74, 6) is -0.793. The Morgan fingerprint density at radius 1 is 1.14 bits per heavy atom. The summed E-state index contributed by atoms with van der Waals surface area (Å²) in [4.78, 5) is 23.0. The van der Waals surface area contributed by atoms with Crippen LogP contribution in [0.1, 0.15) is 43.0 Å². The average Bonchev–Trinajstić information content (AvgIpc) is 2.51. The lowest BCUT2D eigenvalue weighted by molar-refractivity contribution is -0.123. The standard InChI is InChI=1S/C15H25N5O2/c1-9(20-15(22)12(17)3-2-8-16)10-4-6-11(7-5-10)13(18)14(19)21/h4-7,9,12-13H,2-3,8,16-18H2,1H3,(H2,19,21)(H,20,22). The Morgan fingerprint density at radius 2 is 1.68 bits per heavy atom. The van der Waals surface area contributed by atoms with E-state index in [9.17, 15) is 9.59 Å². The Hall–Kier alpha value is -1.96. The van der Waals surface area contributed by atoms with Crippen molar-refractivity contribution >= 4 is 11.8 Å². The van der Waals surface area contributed by atoms with Crippen molar-refractivity contribution < 1.29 is 9.59 Å². The van der Waals surface area contributed by atoms with E-state index in [0.717, 1.165) is 5.56 Å². The Labute approximate surface area is 130 Å². The molecule has 0 aliphatic heterocycles. The number of carbonyl (C=O) groups is 2. The first-order valence-electron chi connectivity index (χ1n) is 7.27. The van der Waals surface area contributed by atoms with Crippen molar-refractivity contribution in [1.82, 2.24) is 5.32 Å². The summed E-state index contributed by atoms with van der Waals surface area (Å²) >= 11 is 0. The molecule has 2 amide bonds. The van der Waals surface area contributed by atoms with Gasteiger partial charge in [0.25, 0.3) is 0 Å². The molecule has 0 saturated heterocycles. The van der Waals surface area contributed by atoms with Crippen LogP contribution >= 0.6 is 0 Å². The van der Waals surface area contributed by atoms with Gasteiger partial charge < -0.3 is 28.3 Å². The van der Waals surface area contributed by atoms with E-state index in [1.807, 2.05) is 6.92 Å². The lowest BCUT2D eigenvalue weighted by Crippen LogP contribution is -2.41. The molecule has 0 aromatic heterocycles. The van der Waals surface area contributed by atoms with Crippen molar-refractivity contribution in [3.8, 4) is 0 Å². The second-order valence-corrected chi connectivity index (χ2v) is 5.31. The molecular formula is C15H25N5O2. The van der Waals surface area contributed by atoms with Crippen LogP contribution < -0.4 is 28.3 Å². The summed E-state index contributed by atoms with van der Waals surface area (Å²) in [5.41, 5.74) is 23.5. The maximum atomic E-state index is 11.9. The quantitative estimate of drug-likeness (QED) is 0.435. The zero-order chi connectivity index (χ0) is 16.7. The van der Waals surface area contributed by atoms with Crippen LogP contribution in [0.5, 0.6) is 0 Å². The minimum Gasteiger partial charge on any atom is -0.368 e. The first-order chi connectivity index (χ1) is 10.4. The highest BCUT2D eigenvalue weighted by molar-refractivity contribution is 5.82. The summed E-state index contributed by atoms with van der Waals surface area (Å²) in [6.45, 7) is 2.37. The third kappa shape index (κ3) is 5.10. The zero-order valence-corrected chi connectivity index (χ0v) is 12.8. The number of nitrogens with two attached hydrogens (primary N) is 4. The molecule has 122 valence electrons. The highest BCUT2D eigenvalue weighted by atomic mass is 16.2. The third-order valence-corrected chi connectivity index (χ3v) is 3.52. The number of carbonyl (C=O) groups excluding carboxylic acids is 2. The fraction of sp³-hybridized carbons (Fsp3) is 0.467. The fourth-order valence-corrected chi connectivity index (χ4v) is 2.03. The van der Waals surface area contributed by atoms with Gasteiger partial charge in [-0.3, -0.25) is 9.59 Å². The van der Waals surface area contributed by atoms with E-state index in [1.54, 1.807) is 24.3 Å². The van der Waals surface area contributed by atoms with Crippen LogP contribution in [0.3, 0.4) is 0 Å². The Morgan fingerprint density at radius 3 is 2.18 bits per heavy atom. The molecule has 22 heavy (non-hydrogen) atoms. The van der Waals surface area contributed by atoms with E-state index in [1.165, 1.54) is 0 Å². The van der Waals surface area contributed by atoms with Gasteiger partial charge in [0.1, 0.15) is 6.04 Å². The maximum absolute atomic E-state index is 11.9. The smallest absolute Gasteiger partial charge is 0.238 e. The summed E-state index contributed by atoms with van der Waals surface area (Å²) in [5, 5.41) is 2.85. The summed E-state index contributed by atoms with van der Waals surface area (Å²) < 4.78 is 0. The van der Waals surface area contributed by atoms with Gasteiger partial charge in [0.05, 0.1) is 12.1 Å². The van der Waals surface area contributed by atoms with Crippen molar-refractivity contribution in [1.29, 1.82) is 0 Å². The number of rotatable bonds is 8. The van der Waals surface area contributed by atoms with Gasteiger partial charge >= 0.3 is 0 Å². The number of nitrogens with one attached hydrogen (secondary N) is 1. The average molecular weight is 307 g/mol. The number of primary amides is 1. The number of hydrogen-bond donors (Lipinski definition) is 5. The number of amides is 2. The zero-order valence-electron chi connectivity index (χ0n) is 12.8. The molecule has 7 nitrogen and oxygen atoms in total. The van der Waals surface area contributed by atoms with Crippen molar-refractivity contribution in [2.45, 2.75) is 37.9 Å². The Balaban J connectivity index is 2.64. The van der Waals surface area contributed by atoms with Crippen LogP contribution in [0.2, 0.25) is 0 Å². The predicted octanol–water partition coefficient (Wildman–Crippen LogP) is -0.585. The second kappa shape index (κ2) is 8.47. The third-order valence-electron chi connectivity index (χ3n) is 3.52. The molecule has 0 fully saturated rings. The van der Waals surface area contributed by atoms with E-state index >= 15 is 0 Å². The molecule has 0 aliphatic rings. The van der Waals surface area contributed by atoms with Crippen LogP contribution in [0.4, 0.5) is 0 Å².